The zero-order chi connectivity index (χ0) is 23.0. The summed E-state index contributed by atoms with van der Waals surface area (Å²) >= 11 is 1.47. The van der Waals surface area contributed by atoms with E-state index in [2.05, 4.69) is 10.3 Å². The molecule has 1 N–H and O–H groups in total. The summed E-state index contributed by atoms with van der Waals surface area (Å²) in [5.74, 6) is -0.450. The quantitative estimate of drug-likeness (QED) is 0.431. The Morgan fingerprint density at radius 2 is 1.81 bits per heavy atom. The third kappa shape index (κ3) is 3.99. The number of hydrogen-bond acceptors (Lipinski definition) is 5. The fourth-order valence-corrected chi connectivity index (χ4v) is 4.65. The summed E-state index contributed by atoms with van der Waals surface area (Å²) in [5.41, 5.74) is 3.71. The van der Waals surface area contributed by atoms with Gasteiger partial charge in [0, 0.05) is 21.7 Å². The molecule has 0 aliphatic carbocycles. The molecule has 6 nitrogen and oxygen atoms in total. The van der Waals surface area contributed by atoms with Gasteiger partial charge in [0.1, 0.15) is 10.9 Å². The van der Waals surface area contributed by atoms with E-state index in [1.165, 1.54) is 29.2 Å². The Hall–Kier alpha value is -3.58. The number of carbonyl (C=O) groups is 2. The Morgan fingerprint density at radius 1 is 1.09 bits per heavy atom. The molecule has 0 saturated carbocycles. The zero-order valence-corrected chi connectivity index (χ0v) is 19.1. The summed E-state index contributed by atoms with van der Waals surface area (Å²) < 4.78 is 1.36. The lowest BCUT2D eigenvalue weighted by molar-refractivity contribution is -0.118. The molecule has 1 atom stereocenters. The maximum Gasteiger partial charge on any atom is 0.263 e. The van der Waals surface area contributed by atoms with Crippen LogP contribution in [0.5, 0.6) is 0 Å². The fraction of sp³-hybridized carbons (Fsp3) is 0.200. The third-order valence-corrected chi connectivity index (χ3v) is 6.50. The second kappa shape index (κ2) is 8.51. The van der Waals surface area contributed by atoms with Crippen molar-refractivity contribution in [2.75, 3.05) is 5.32 Å². The smallest absolute Gasteiger partial charge is 0.263 e. The van der Waals surface area contributed by atoms with E-state index in [0.29, 0.717) is 21.5 Å². The number of Topliss-reactive ketones (excluding diaryl/α,β-unsaturated/α-hetero) is 1. The maximum atomic E-state index is 13.4. The van der Waals surface area contributed by atoms with E-state index in [0.717, 1.165) is 21.6 Å². The third-order valence-electron chi connectivity index (χ3n) is 5.49. The lowest BCUT2D eigenvalue weighted by atomic mass is 10.0. The van der Waals surface area contributed by atoms with E-state index in [1.807, 2.05) is 38.1 Å². The average molecular weight is 446 g/mol. The van der Waals surface area contributed by atoms with E-state index in [-0.39, 0.29) is 17.2 Å². The number of ketones is 1. The molecular formula is C25H23N3O3S. The first-order chi connectivity index (χ1) is 15.3. The van der Waals surface area contributed by atoms with E-state index >= 15 is 0 Å². The molecule has 0 saturated heterocycles. The molecule has 1 amide bonds. The van der Waals surface area contributed by atoms with Gasteiger partial charge in [0.15, 0.2) is 5.78 Å². The SMILES string of the molecule is CC(=O)c1cccc(NC(=O)C(C)n2cnc3sc(C)c(-c4ccc(C)cc4)c3c2=O)c1. The molecule has 1 unspecified atom stereocenters. The highest BCUT2D eigenvalue weighted by Gasteiger charge is 2.22. The summed E-state index contributed by atoms with van der Waals surface area (Å²) in [6.07, 6.45) is 1.43. The predicted octanol–water partition coefficient (Wildman–Crippen LogP) is 5.14. The summed E-state index contributed by atoms with van der Waals surface area (Å²) in [4.78, 5) is 44.1. The van der Waals surface area contributed by atoms with Gasteiger partial charge in [-0.05, 0) is 45.4 Å². The lowest BCUT2D eigenvalue weighted by Crippen LogP contribution is -2.31. The van der Waals surface area contributed by atoms with E-state index in [1.54, 1.807) is 31.2 Å². The van der Waals surface area contributed by atoms with Crippen molar-refractivity contribution in [1.82, 2.24) is 9.55 Å². The van der Waals surface area contributed by atoms with Gasteiger partial charge in [-0.25, -0.2) is 4.98 Å². The second-order valence-electron chi connectivity index (χ2n) is 7.84. The molecule has 0 bridgehead atoms. The van der Waals surface area contributed by atoms with E-state index in [9.17, 15) is 14.4 Å². The van der Waals surface area contributed by atoms with Crippen LogP contribution in [0.3, 0.4) is 0 Å². The largest absolute Gasteiger partial charge is 0.324 e. The molecule has 0 aliphatic rings. The van der Waals surface area contributed by atoms with Crippen molar-refractivity contribution in [2.24, 2.45) is 0 Å². The van der Waals surface area contributed by atoms with Crippen LogP contribution in [0.4, 0.5) is 5.69 Å². The van der Waals surface area contributed by atoms with Crippen LogP contribution >= 0.6 is 11.3 Å². The highest BCUT2D eigenvalue weighted by atomic mass is 32.1. The zero-order valence-electron chi connectivity index (χ0n) is 18.3. The van der Waals surface area contributed by atoms with Crippen molar-refractivity contribution < 1.29 is 9.59 Å². The standard InChI is InChI=1S/C25H23N3O3S/c1-14-8-10-18(11-9-14)21-17(4)32-24-22(21)25(31)28(13-26-24)15(2)23(30)27-20-7-5-6-19(12-20)16(3)29/h5-13,15H,1-4H3,(H,27,30). The van der Waals surface area contributed by atoms with Crippen LogP contribution in [-0.2, 0) is 4.79 Å². The first kappa shape index (κ1) is 21.6. The van der Waals surface area contributed by atoms with Gasteiger partial charge in [-0.15, -0.1) is 11.3 Å². The van der Waals surface area contributed by atoms with Crippen LogP contribution in [0.1, 0.15) is 40.7 Å². The van der Waals surface area contributed by atoms with Gasteiger partial charge >= 0.3 is 0 Å². The van der Waals surface area contributed by atoms with Crippen LogP contribution in [0.15, 0.2) is 59.7 Å². The van der Waals surface area contributed by atoms with Crippen molar-refractivity contribution >= 4 is 38.9 Å². The van der Waals surface area contributed by atoms with E-state index < -0.39 is 6.04 Å². The van der Waals surface area contributed by atoms with Crippen LogP contribution in [-0.4, -0.2) is 21.2 Å². The maximum absolute atomic E-state index is 13.4. The van der Waals surface area contributed by atoms with E-state index in [4.69, 9.17) is 0 Å². The molecule has 4 rings (SSSR count). The summed E-state index contributed by atoms with van der Waals surface area (Å²) in [7, 11) is 0. The van der Waals surface area contributed by atoms with Gasteiger partial charge in [0.05, 0.1) is 11.7 Å². The highest BCUT2D eigenvalue weighted by molar-refractivity contribution is 7.19. The topological polar surface area (TPSA) is 81.1 Å². The number of benzene rings is 2. The minimum absolute atomic E-state index is 0.0866. The number of aromatic nitrogens is 2. The number of rotatable bonds is 5. The van der Waals surface area contributed by atoms with Gasteiger partial charge in [-0.2, -0.15) is 0 Å². The lowest BCUT2D eigenvalue weighted by Gasteiger charge is -2.15. The molecule has 2 aromatic carbocycles. The number of fused-ring (bicyclic) bond motifs is 1. The Balaban J connectivity index is 1.72. The van der Waals surface area contributed by atoms with Crippen LogP contribution in [0.25, 0.3) is 21.3 Å². The molecule has 162 valence electrons. The highest BCUT2D eigenvalue weighted by Crippen LogP contribution is 2.35. The van der Waals surface area contributed by atoms with Gasteiger partial charge in [0.25, 0.3) is 5.56 Å². The fourth-order valence-electron chi connectivity index (χ4n) is 3.65. The average Bonchev–Trinajstić information content (AvgIpc) is 3.11. The predicted molar refractivity (Wildman–Crippen MR) is 129 cm³/mol. The number of anilines is 1. The molecule has 2 heterocycles. The van der Waals surface area contributed by atoms with Crippen molar-refractivity contribution in [2.45, 2.75) is 33.7 Å². The number of thiophene rings is 1. The Bertz CT molecular complexity index is 1400. The minimum Gasteiger partial charge on any atom is -0.324 e. The Kier molecular flexibility index (Phi) is 5.76. The normalized spacial score (nSPS) is 12.0. The molecule has 0 spiro atoms. The number of carbonyl (C=O) groups excluding carboxylic acids is 2. The molecular weight excluding hydrogens is 422 g/mol. The van der Waals surface area contributed by atoms with Gasteiger partial charge in [-0.1, -0.05) is 42.0 Å². The van der Waals surface area contributed by atoms with Gasteiger partial charge in [0.2, 0.25) is 5.91 Å². The molecule has 0 aliphatic heterocycles. The van der Waals surface area contributed by atoms with Gasteiger partial charge < -0.3 is 5.32 Å². The molecule has 32 heavy (non-hydrogen) atoms. The second-order valence-corrected chi connectivity index (χ2v) is 9.04. The number of amides is 1. The number of hydrogen-bond donors (Lipinski definition) is 1. The Morgan fingerprint density at radius 3 is 2.50 bits per heavy atom. The van der Waals surface area contributed by atoms with Crippen molar-refractivity contribution in [1.29, 1.82) is 0 Å². The summed E-state index contributed by atoms with van der Waals surface area (Å²) in [5, 5.41) is 3.32. The number of nitrogens with one attached hydrogen (secondary N) is 1. The number of nitrogens with zero attached hydrogens (tertiary/aromatic N) is 2. The molecule has 4 aromatic rings. The van der Waals surface area contributed by atoms with Crippen LogP contribution in [0.2, 0.25) is 0 Å². The first-order valence-electron chi connectivity index (χ1n) is 10.3. The van der Waals surface area contributed by atoms with Crippen LogP contribution in [0, 0.1) is 13.8 Å². The first-order valence-corrected chi connectivity index (χ1v) is 11.1. The van der Waals surface area contributed by atoms with Crippen molar-refractivity contribution in [3.05, 3.63) is 81.2 Å². The number of aryl methyl sites for hydroxylation is 2. The molecule has 0 radical (unpaired) electrons. The van der Waals surface area contributed by atoms with Crippen molar-refractivity contribution in [3.8, 4) is 11.1 Å². The van der Waals surface area contributed by atoms with Gasteiger partial charge in [-0.3, -0.25) is 19.0 Å². The summed E-state index contributed by atoms with van der Waals surface area (Å²) in [6.45, 7) is 7.12. The molecule has 7 heteroatoms. The minimum atomic E-state index is -0.786. The molecule has 0 fully saturated rings. The van der Waals surface area contributed by atoms with Crippen molar-refractivity contribution in [3.63, 3.8) is 0 Å². The monoisotopic (exact) mass is 445 g/mol. The Labute approximate surface area is 189 Å². The summed E-state index contributed by atoms with van der Waals surface area (Å²) in [6, 6.07) is 14.0. The molecule has 2 aromatic heterocycles. The van der Waals surface area contributed by atoms with Crippen LogP contribution < -0.4 is 10.9 Å².